The lowest BCUT2D eigenvalue weighted by Crippen LogP contribution is -2.20. The maximum absolute atomic E-state index is 14.0. The minimum Gasteiger partial charge on any atom is -0.490 e. The van der Waals surface area contributed by atoms with E-state index in [-0.39, 0.29) is 23.2 Å². The minimum atomic E-state index is -0.647. The molecule has 0 aromatic heterocycles. The van der Waals surface area contributed by atoms with E-state index in [1.807, 2.05) is 0 Å². The van der Waals surface area contributed by atoms with Crippen LogP contribution in [0, 0.1) is 15.9 Å². The van der Waals surface area contributed by atoms with Crippen molar-refractivity contribution < 1.29 is 14.1 Å². The number of benzene rings is 1. The van der Waals surface area contributed by atoms with Gasteiger partial charge in [0.15, 0.2) is 11.6 Å². The van der Waals surface area contributed by atoms with E-state index >= 15 is 0 Å². The first-order chi connectivity index (χ1) is 10.0. The second-order valence-electron chi connectivity index (χ2n) is 5.03. The standard InChI is InChI=1S/C15H23FN2O3/c1-4-6-8-11(7-5-2)17-13-10-15(21-3)14(18(19)20)9-12(13)16/h9-11,17H,4-8H2,1-3H3. The van der Waals surface area contributed by atoms with Crippen LogP contribution in [-0.4, -0.2) is 18.1 Å². The van der Waals surface area contributed by atoms with E-state index in [9.17, 15) is 14.5 Å². The molecule has 0 aliphatic carbocycles. The molecule has 1 atom stereocenters. The average molecular weight is 298 g/mol. The van der Waals surface area contributed by atoms with Crippen molar-refractivity contribution >= 4 is 11.4 Å². The number of rotatable bonds is 9. The van der Waals surface area contributed by atoms with E-state index < -0.39 is 10.7 Å². The van der Waals surface area contributed by atoms with E-state index in [4.69, 9.17) is 4.74 Å². The summed E-state index contributed by atoms with van der Waals surface area (Å²) in [6, 6.07) is 2.43. The molecule has 0 heterocycles. The molecule has 1 unspecified atom stereocenters. The number of nitro groups is 1. The quantitative estimate of drug-likeness (QED) is 0.538. The number of nitrogens with one attached hydrogen (secondary N) is 1. The second kappa shape index (κ2) is 8.44. The van der Waals surface area contributed by atoms with E-state index in [1.165, 1.54) is 13.2 Å². The van der Waals surface area contributed by atoms with Gasteiger partial charge in [-0.15, -0.1) is 0 Å². The Kier molecular flexibility index (Phi) is 6.91. The van der Waals surface area contributed by atoms with Crippen molar-refractivity contribution in [1.82, 2.24) is 0 Å². The number of nitrogens with zero attached hydrogens (tertiary/aromatic N) is 1. The Labute approximate surface area is 124 Å². The van der Waals surface area contributed by atoms with Crippen molar-refractivity contribution in [3.8, 4) is 5.75 Å². The van der Waals surface area contributed by atoms with E-state index in [1.54, 1.807) is 0 Å². The van der Waals surface area contributed by atoms with E-state index in [0.717, 1.165) is 38.2 Å². The van der Waals surface area contributed by atoms with E-state index in [0.29, 0.717) is 0 Å². The van der Waals surface area contributed by atoms with Crippen LogP contribution in [0.3, 0.4) is 0 Å². The van der Waals surface area contributed by atoms with Crippen LogP contribution in [0.25, 0.3) is 0 Å². The second-order valence-corrected chi connectivity index (χ2v) is 5.03. The Morgan fingerprint density at radius 1 is 1.33 bits per heavy atom. The van der Waals surface area contributed by atoms with Crippen molar-refractivity contribution in [3.63, 3.8) is 0 Å². The molecule has 1 aromatic rings. The Morgan fingerprint density at radius 3 is 2.57 bits per heavy atom. The molecule has 1 aromatic carbocycles. The lowest BCUT2D eigenvalue weighted by molar-refractivity contribution is -0.385. The van der Waals surface area contributed by atoms with Gasteiger partial charge in [0, 0.05) is 12.1 Å². The molecule has 118 valence electrons. The summed E-state index contributed by atoms with van der Waals surface area (Å²) in [5.74, 6) is -0.560. The maximum atomic E-state index is 14.0. The minimum absolute atomic E-state index is 0.0645. The summed E-state index contributed by atoms with van der Waals surface area (Å²) in [7, 11) is 1.34. The molecule has 1 N–H and O–H groups in total. The molecule has 0 amide bonds. The summed E-state index contributed by atoms with van der Waals surface area (Å²) in [6.07, 6.45) is 5.01. The van der Waals surface area contributed by atoms with Crippen molar-refractivity contribution in [3.05, 3.63) is 28.1 Å². The summed E-state index contributed by atoms with van der Waals surface area (Å²) >= 11 is 0. The number of halogens is 1. The molecular formula is C15H23FN2O3. The van der Waals surface area contributed by atoms with Crippen LogP contribution < -0.4 is 10.1 Å². The Morgan fingerprint density at radius 2 is 2.05 bits per heavy atom. The summed E-state index contributed by atoms with van der Waals surface area (Å²) in [4.78, 5) is 10.2. The highest BCUT2D eigenvalue weighted by Gasteiger charge is 2.20. The molecule has 0 fully saturated rings. The third-order valence-corrected chi connectivity index (χ3v) is 3.37. The Bertz CT molecular complexity index is 480. The van der Waals surface area contributed by atoms with Crippen molar-refractivity contribution in [2.45, 2.75) is 52.0 Å². The SMILES string of the molecule is CCCCC(CCC)Nc1cc(OC)c([N+](=O)[O-])cc1F. The highest BCUT2D eigenvalue weighted by Crippen LogP contribution is 2.33. The highest BCUT2D eigenvalue weighted by molar-refractivity contribution is 5.59. The van der Waals surface area contributed by atoms with Crippen LogP contribution in [0.2, 0.25) is 0 Å². The molecule has 5 nitrogen and oxygen atoms in total. The molecular weight excluding hydrogens is 275 g/mol. The van der Waals surface area contributed by atoms with Gasteiger partial charge in [0.05, 0.1) is 23.8 Å². The average Bonchev–Trinajstić information content (AvgIpc) is 2.46. The Hall–Kier alpha value is -1.85. The topological polar surface area (TPSA) is 64.4 Å². The van der Waals surface area contributed by atoms with Gasteiger partial charge in [0.2, 0.25) is 0 Å². The number of hydrogen-bond donors (Lipinski definition) is 1. The largest absolute Gasteiger partial charge is 0.490 e. The van der Waals surface area contributed by atoms with Gasteiger partial charge >= 0.3 is 5.69 Å². The number of nitro benzene ring substituents is 1. The lowest BCUT2D eigenvalue weighted by Gasteiger charge is -2.20. The Balaban J connectivity index is 2.97. The van der Waals surface area contributed by atoms with Gasteiger partial charge in [0.25, 0.3) is 0 Å². The third-order valence-electron chi connectivity index (χ3n) is 3.37. The molecule has 0 radical (unpaired) electrons. The molecule has 0 aliphatic heterocycles. The van der Waals surface area contributed by atoms with Crippen LogP contribution >= 0.6 is 0 Å². The van der Waals surface area contributed by atoms with Gasteiger partial charge < -0.3 is 10.1 Å². The number of methoxy groups -OCH3 is 1. The van der Waals surface area contributed by atoms with Crippen molar-refractivity contribution in [1.29, 1.82) is 0 Å². The number of ether oxygens (including phenoxy) is 1. The zero-order valence-corrected chi connectivity index (χ0v) is 12.8. The van der Waals surface area contributed by atoms with E-state index in [2.05, 4.69) is 19.2 Å². The third kappa shape index (κ3) is 4.88. The smallest absolute Gasteiger partial charge is 0.313 e. The zero-order valence-electron chi connectivity index (χ0n) is 12.8. The zero-order chi connectivity index (χ0) is 15.8. The summed E-state index contributed by atoms with van der Waals surface area (Å²) < 4.78 is 19.0. The van der Waals surface area contributed by atoms with Crippen molar-refractivity contribution in [2.75, 3.05) is 12.4 Å². The monoisotopic (exact) mass is 298 g/mol. The molecule has 6 heteroatoms. The molecule has 0 spiro atoms. The van der Waals surface area contributed by atoms with Crippen LogP contribution in [0.1, 0.15) is 46.0 Å². The predicted octanol–water partition coefficient (Wildman–Crippen LogP) is 4.51. The molecule has 21 heavy (non-hydrogen) atoms. The van der Waals surface area contributed by atoms with Crippen LogP contribution in [0.5, 0.6) is 5.75 Å². The first-order valence-electron chi connectivity index (χ1n) is 7.31. The fraction of sp³-hybridized carbons (Fsp3) is 0.600. The van der Waals surface area contributed by atoms with Gasteiger partial charge in [-0.1, -0.05) is 33.1 Å². The predicted molar refractivity (Wildman–Crippen MR) is 81.5 cm³/mol. The van der Waals surface area contributed by atoms with Gasteiger partial charge in [-0.3, -0.25) is 10.1 Å². The van der Waals surface area contributed by atoms with Crippen molar-refractivity contribution in [2.24, 2.45) is 0 Å². The number of anilines is 1. The first-order valence-corrected chi connectivity index (χ1v) is 7.31. The molecule has 1 rings (SSSR count). The van der Waals surface area contributed by atoms with Crippen LogP contribution in [-0.2, 0) is 0 Å². The molecule has 0 saturated heterocycles. The van der Waals surface area contributed by atoms with Gasteiger partial charge in [-0.2, -0.15) is 0 Å². The van der Waals surface area contributed by atoms with Crippen LogP contribution in [0.15, 0.2) is 12.1 Å². The van der Waals surface area contributed by atoms with Gasteiger partial charge in [-0.05, 0) is 12.8 Å². The summed E-state index contributed by atoms with van der Waals surface area (Å²) in [5.41, 5.74) is -0.104. The van der Waals surface area contributed by atoms with Gasteiger partial charge in [0.1, 0.15) is 0 Å². The van der Waals surface area contributed by atoms with Crippen LogP contribution in [0.4, 0.5) is 15.8 Å². The fourth-order valence-corrected chi connectivity index (χ4v) is 2.27. The fourth-order valence-electron chi connectivity index (χ4n) is 2.27. The molecule has 0 aliphatic rings. The molecule has 0 saturated carbocycles. The summed E-state index contributed by atoms with van der Waals surface area (Å²) in [5, 5.41) is 14.0. The normalized spacial score (nSPS) is 12.0. The first kappa shape index (κ1) is 17.2. The lowest BCUT2D eigenvalue weighted by atomic mass is 10.0. The number of hydrogen-bond acceptors (Lipinski definition) is 4. The highest BCUT2D eigenvalue weighted by atomic mass is 19.1. The maximum Gasteiger partial charge on any atom is 0.313 e. The summed E-state index contributed by atoms with van der Waals surface area (Å²) in [6.45, 7) is 4.19. The van der Waals surface area contributed by atoms with Gasteiger partial charge in [-0.25, -0.2) is 4.39 Å². The number of unbranched alkanes of at least 4 members (excludes halogenated alkanes) is 1. The molecule has 0 bridgehead atoms.